The second-order valence-corrected chi connectivity index (χ2v) is 5.69. The largest absolute Gasteiger partial charge is 0.305 e. The van der Waals surface area contributed by atoms with E-state index in [1.54, 1.807) is 6.92 Å². The Kier molecular flexibility index (Phi) is 2.54. The van der Waals surface area contributed by atoms with Crippen LogP contribution >= 0.6 is 0 Å². The predicted molar refractivity (Wildman–Crippen MR) is 45.4 cm³/mol. The molecule has 1 atom stereocenters. The van der Waals surface area contributed by atoms with Crippen LogP contribution in [-0.4, -0.2) is 44.5 Å². The molecule has 1 aliphatic heterocycles. The Morgan fingerprint density at radius 3 is 2.55 bits per heavy atom. The summed E-state index contributed by atoms with van der Waals surface area (Å²) in [7, 11) is -0.809. The van der Waals surface area contributed by atoms with E-state index in [0.29, 0.717) is 0 Å². The van der Waals surface area contributed by atoms with Crippen LogP contribution in [0.1, 0.15) is 13.3 Å². The first-order valence-corrected chi connectivity index (χ1v) is 5.68. The molecule has 0 spiro atoms. The van der Waals surface area contributed by atoms with Crippen molar-refractivity contribution in [3.8, 4) is 0 Å². The van der Waals surface area contributed by atoms with Gasteiger partial charge in [-0.1, -0.05) is 6.92 Å². The summed E-state index contributed by atoms with van der Waals surface area (Å²) in [4.78, 5) is 2.07. The maximum atomic E-state index is 11.3. The SMILES string of the molecule is CCS(=O)(=O)[C@@H]1CCN(C)C1. The highest BCUT2D eigenvalue weighted by Gasteiger charge is 2.29. The maximum absolute atomic E-state index is 11.3. The van der Waals surface area contributed by atoms with Crippen molar-refractivity contribution in [3.63, 3.8) is 0 Å². The van der Waals surface area contributed by atoms with Gasteiger partial charge in [0.15, 0.2) is 9.84 Å². The van der Waals surface area contributed by atoms with Gasteiger partial charge < -0.3 is 4.90 Å². The Bertz CT molecular complexity index is 223. The van der Waals surface area contributed by atoms with Crippen molar-refractivity contribution in [2.45, 2.75) is 18.6 Å². The Labute approximate surface area is 68.3 Å². The Morgan fingerprint density at radius 1 is 1.55 bits per heavy atom. The summed E-state index contributed by atoms with van der Waals surface area (Å²) in [6.45, 7) is 3.35. The topological polar surface area (TPSA) is 37.4 Å². The monoisotopic (exact) mass is 177 g/mol. The fraction of sp³-hybridized carbons (Fsp3) is 1.00. The third-order valence-corrected chi connectivity index (χ3v) is 4.46. The van der Waals surface area contributed by atoms with Crippen LogP contribution in [0.5, 0.6) is 0 Å². The van der Waals surface area contributed by atoms with Crippen LogP contribution in [0.25, 0.3) is 0 Å². The number of nitrogens with zero attached hydrogens (tertiary/aromatic N) is 1. The van der Waals surface area contributed by atoms with E-state index >= 15 is 0 Å². The average Bonchev–Trinajstić information content (AvgIpc) is 2.36. The fourth-order valence-corrected chi connectivity index (χ4v) is 2.84. The van der Waals surface area contributed by atoms with Crippen molar-refractivity contribution in [2.24, 2.45) is 0 Å². The zero-order valence-electron chi connectivity index (χ0n) is 7.08. The highest BCUT2D eigenvalue weighted by Crippen LogP contribution is 2.15. The molecule has 66 valence electrons. The minimum atomic E-state index is -2.77. The van der Waals surface area contributed by atoms with E-state index in [1.807, 2.05) is 7.05 Å². The lowest BCUT2D eigenvalue weighted by atomic mass is 10.4. The van der Waals surface area contributed by atoms with Gasteiger partial charge in [0, 0.05) is 12.3 Å². The van der Waals surface area contributed by atoms with Gasteiger partial charge in [-0.05, 0) is 20.0 Å². The van der Waals surface area contributed by atoms with Crippen molar-refractivity contribution in [1.29, 1.82) is 0 Å². The number of likely N-dealkylation sites (tertiary alicyclic amines) is 1. The quantitative estimate of drug-likeness (QED) is 0.601. The van der Waals surface area contributed by atoms with Crippen LogP contribution < -0.4 is 0 Å². The lowest BCUT2D eigenvalue weighted by molar-refractivity contribution is 0.417. The van der Waals surface area contributed by atoms with Gasteiger partial charge in [-0.15, -0.1) is 0 Å². The molecular weight excluding hydrogens is 162 g/mol. The molecule has 0 saturated carbocycles. The zero-order chi connectivity index (χ0) is 8.48. The molecule has 1 rings (SSSR count). The molecule has 0 aromatic heterocycles. The minimum Gasteiger partial charge on any atom is -0.305 e. The van der Waals surface area contributed by atoms with Gasteiger partial charge in [-0.2, -0.15) is 0 Å². The number of rotatable bonds is 2. The standard InChI is InChI=1S/C7H15NO2S/c1-3-11(9,10)7-4-5-8(2)6-7/h7H,3-6H2,1-2H3/t7-/m1/s1. The van der Waals surface area contributed by atoms with Gasteiger partial charge >= 0.3 is 0 Å². The third-order valence-electron chi connectivity index (χ3n) is 2.26. The summed E-state index contributed by atoms with van der Waals surface area (Å²) >= 11 is 0. The molecule has 0 amide bonds. The Hall–Kier alpha value is -0.0900. The lowest BCUT2D eigenvalue weighted by Crippen LogP contribution is -2.26. The van der Waals surface area contributed by atoms with E-state index in [0.717, 1.165) is 19.5 Å². The average molecular weight is 177 g/mol. The summed E-state index contributed by atoms with van der Waals surface area (Å²) in [6.07, 6.45) is 0.812. The van der Waals surface area contributed by atoms with E-state index in [4.69, 9.17) is 0 Å². The minimum absolute atomic E-state index is 0.0995. The smallest absolute Gasteiger partial charge is 0.154 e. The summed E-state index contributed by atoms with van der Waals surface area (Å²) < 4.78 is 22.6. The number of hydrogen-bond donors (Lipinski definition) is 0. The van der Waals surface area contributed by atoms with Gasteiger partial charge in [-0.25, -0.2) is 8.42 Å². The first-order valence-electron chi connectivity index (χ1n) is 3.96. The van der Waals surface area contributed by atoms with Crippen LogP contribution in [0, 0.1) is 0 Å². The highest BCUT2D eigenvalue weighted by atomic mass is 32.2. The van der Waals surface area contributed by atoms with Gasteiger partial charge in [0.1, 0.15) is 0 Å². The second-order valence-electron chi connectivity index (χ2n) is 3.12. The van der Waals surface area contributed by atoms with Gasteiger partial charge in [-0.3, -0.25) is 0 Å². The van der Waals surface area contributed by atoms with Crippen molar-refractivity contribution < 1.29 is 8.42 Å². The molecule has 3 nitrogen and oxygen atoms in total. The van der Waals surface area contributed by atoms with Crippen molar-refractivity contribution in [1.82, 2.24) is 4.90 Å². The van der Waals surface area contributed by atoms with Crippen molar-refractivity contribution in [3.05, 3.63) is 0 Å². The molecule has 0 aromatic carbocycles. The molecule has 0 aromatic rings. The molecular formula is C7H15NO2S. The summed E-state index contributed by atoms with van der Waals surface area (Å²) in [6, 6.07) is 0. The van der Waals surface area contributed by atoms with Crippen LogP contribution in [0.3, 0.4) is 0 Å². The lowest BCUT2D eigenvalue weighted by Gasteiger charge is -2.09. The number of sulfone groups is 1. The summed E-state index contributed by atoms with van der Waals surface area (Å²) in [5.41, 5.74) is 0. The van der Waals surface area contributed by atoms with E-state index in [2.05, 4.69) is 4.90 Å². The van der Waals surface area contributed by atoms with Crippen molar-refractivity contribution in [2.75, 3.05) is 25.9 Å². The van der Waals surface area contributed by atoms with Crippen LogP contribution in [0.4, 0.5) is 0 Å². The van der Waals surface area contributed by atoms with Crippen LogP contribution in [0.2, 0.25) is 0 Å². The molecule has 1 saturated heterocycles. The van der Waals surface area contributed by atoms with Gasteiger partial charge in [0.05, 0.1) is 5.25 Å². The number of hydrogen-bond acceptors (Lipinski definition) is 3. The van der Waals surface area contributed by atoms with Gasteiger partial charge in [0.2, 0.25) is 0 Å². The molecule has 0 aliphatic carbocycles. The molecule has 11 heavy (non-hydrogen) atoms. The van der Waals surface area contributed by atoms with E-state index in [1.165, 1.54) is 0 Å². The molecule has 0 bridgehead atoms. The first-order chi connectivity index (χ1) is 5.06. The van der Waals surface area contributed by atoms with Crippen molar-refractivity contribution >= 4 is 9.84 Å². The second kappa shape index (κ2) is 3.11. The van der Waals surface area contributed by atoms with Crippen LogP contribution in [-0.2, 0) is 9.84 Å². The summed E-state index contributed by atoms with van der Waals surface area (Å²) in [5, 5.41) is -0.0995. The zero-order valence-corrected chi connectivity index (χ0v) is 7.89. The van der Waals surface area contributed by atoms with E-state index in [9.17, 15) is 8.42 Å². The first kappa shape index (κ1) is 9.00. The maximum Gasteiger partial charge on any atom is 0.154 e. The van der Waals surface area contributed by atoms with E-state index < -0.39 is 9.84 Å². The molecule has 0 N–H and O–H groups in total. The Balaban J connectivity index is 2.64. The predicted octanol–water partition coefficient (Wildman–Crippen LogP) is 0.125. The van der Waals surface area contributed by atoms with Gasteiger partial charge in [0.25, 0.3) is 0 Å². The Morgan fingerprint density at radius 2 is 2.18 bits per heavy atom. The molecule has 1 aliphatic rings. The molecule has 1 heterocycles. The van der Waals surface area contributed by atoms with E-state index in [-0.39, 0.29) is 11.0 Å². The fourth-order valence-electron chi connectivity index (χ4n) is 1.42. The third kappa shape index (κ3) is 1.93. The molecule has 0 unspecified atom stereocenters. The molecule has 0 radical (unpaired) electrons. The summed E-state index contributed by atoms with van der Waals surface area (Å²) in [5.74, 6) is 0.283. The van der Waals surface area contributed by atoms with Crippen LogP contribution in [0.15, 0.2) is 0 Å². The highest BCUT2D eigenvalue weighted by molar-refractivity contribution is 7.92. The molecule has 4 heteroatoms. The molecule has 1 fully saturated rings. The normalized spacial score (nSPS) is 27.6.